The zero-order valence-electron chi connectivity index (χ0n) is 12.5. The second kappa shape index (κ2) is 6.38. The lowest BCUT2D eigenvalue weighted by molar-refractivity contribution is -0.131. The Hall–Kier alpha value is -0.573. The lowest BCUT2D eigenvalue weighted by Crippen LogP contribution is -2.50. The third-order valence-corrected chi connectivity index (χ3v) is 9.90. The van der Waals surface area contributed by atoms with E-state index in [-0.39, 0.29) is 5.97 Å². The number of rotatable bonds is 6. The molecule has 0 saturated heterocycles. The van der Waals surface area contributed by atoms with Gasteiger partial charge in [-0.05, 0) is 23.5 Å². The van der Waals surface area contributed by atoms with Crippen LogP contribution in [0.5, 0.6) is 0 Å². The van der Waals surface area contributed by atoms with Crippen LogP contribution in [-0.4, -0.2) is 14.3 Å². The summed E-state index contributed by atoms with van der Waals surface area (Å²) >= 11 is 0. The van der Waals surface area contributed by atoms with Gasteiger partial charge in [0, 0.05) is 5.57 Å². The van der Waals surface area contributed by atoms with Crippen molar-refractivity contribution in [2.24, 2.45) is 0 Å². The van der Waals surface area contributed by atoms with Crippen molar-refractivity contribution in [2.45, 2.75) is 71.5 Å². The smallest absolute Gasteiger partial charge is 0.319 e. The van der Waals surface area contributed by atoms with Crippen LogP contribution >= 0.6 is 0 Å². The van der Waals surface area contributed by atoms with Gasteiger partial charge in [-0.3, -0.25) is 0 Å². The summed E-state index contributed by atoms with van der Waals surface area (Å²) in [7, 11) is -2.09. The van der Waals surface area contributed by atoms with Crippen LogP contribution < -0.4 is 0 Å². The molecule has 0 aliphatic heterocycles. The Balaban J connectivity index is 5.33. The molecule has 0 spiro atoms. The Labute approximate surface area is 108 Å². The molecule has 0 N–H and O–H groups in total. The largest absolute Gasteiger partial charge is 0.515 e. The van der Waals surface area contributed by atoms with Crippen molar-refractivity contribution in [3.05, 3.63) is 12.2 Å². The normalized spacial score (nSPS) is 13.9. The maximum Gasteiger partial charge on any atom is 0.319 e. The fourth-order valence-electron chi connectivity index (χ4n) is 2.71. The number of hydrogen-bond acceptors (Lipinski definition) is 2. The van der Waals surface area contributed by atoms with Gasteiger partial charge >= 0.3 is 5.97 Å². The molecule has 0 aliphatic carbocycles. The first-order valence-electron chi connectivity index (χ1n) is 6.58. The molecule has 0 aromatic carbocycles. The molecule has 0 rings (SSSR count). The van der Waals surface area contributed by atoms with E-state index in [4.69, 9.17) is 4.43 Å². The molecule has 1 atom stereocenters. The molecule has 3 heteroatoms. The third kappa shape index (κ3) is 3.44. The summed E-state index contributed by atoms with van der Waals surface area (Å²) in [5.74, 6) is -0.209. The SMILES string of the molecule is C=C(C)C(=O)O[Si](C(C)C)(C(C)C)C(C)CC. The number of carbonyl (C=O) groups excluding carboxylic acids is 1. The molecule has 0 heterocycles. The molecular weight excluding hydrogens is 228 g/mol. The second-order valence-electron chi connectivity index (χ2n) is 5.64. The average Bonchev–Trinajstić information content (AvgIpc) is 2.23. The fraction of sp³-hybridized carbons (Fsp3) is 0.786. The van der Waals surface area contributed by atoms with Gasteiger partial charge < -0.3 is 4.43 Å². The van der Waals surface area contributed by atoms with Gasteiger partial charge in [0.1, 0.15) is 0 Å². The van der Waals surface area contributed by atoms with Crippen LogP contribution in [0.3, 0.4) is 0 Å². The Morgan fingerprint density at radius 3 is 1.82 bits per heavy atom. The highest BCUT2D eigenvalue weighted by Crippen LogP contribution is 2.44. The van der Waals surface area contributed by atoms with E-state index in [9.17, 15) is 4.79 Å². The van der Waals surface area contributed by atoms with Crippen LogP contribution in [0, 0.1) is 0 Å². The fourth-order valence-corrected chi connectivity index (χ4v) is 8.12. The van der Waals surface area contributed by atoms with Gasteiger partial charge in [0.15, 0.2) is 0 Å². The lowest BCUT2D eigenvalue weighted by Gasteiger charge is -2.42. The van der Waals surface area contributed by atoms with E-state index >= 15 is 0 Å². The van der Waals surface area contributed by atoms with E-state index in [2.05, 4.69) is 48.1 Å². The summed E-state index contributed by atoms with van der Waals surface area (Å²) in [5, 5.41) is 0. The number of carbonyl (C=O) groups is 1. The predicted octanol–water partition coefficient (Wildman–Crippen LogP) is 4.67. The molecule has 0 aromatic heterocycles. The van der Waals surface area contributed by atoms with E-state index in [0.29, 0.717) is 22.2 Å². The highest BCUT2D eigenvalue weighted by Gasteiger charge is 2.49. The van der Waals surface area contributed by atoms with E-state index in [1.807, 2.05) is 0 Å². The Morgan fingerprint density at radius 2 is 1.59 bits per heavy atom. The lowest BCUT2D eigenvalue weighted by atomic mass is 10.4. The van der Waals surface area contributed by atoms with Crippen molar-refractivity contribution in [1.29, 1.82) is 0 Å². The molecule has 0 saturated carbocycles. The summed E-state index contributed by atoms with van der Waals surface area (Å²) in [4.78, 5) is 11.9. The maximum absolute atomic E-state index is 11.9. The van der Waals surface area contributed by atoms with Crippen LogP contribution in [0.25, 0.3) is 0 Å². The van der Waals surface area contributed by atoms with Gasteiger partial charge in [-0.15, -0.1) is 0 Å². The minimum absolute atomic E-state index is 0.209. The first kappa shape index (κ1) is 16.4. The molecule has 0 fully saturated rings. The van der Waals surface area contributed by atoms with E-state index in [1.54, 1.807) is 6.92 Å². The van der Waals surface area contributed by atoms with Crippen molar-refractivity contribution in [3.63, 3.8) is 0 Å². The van der Waals surface area contributed by atoms with E-state index in [0.717, 1.165) is 6.42 Å². The summed E-state index contributed by atoms with van der Waals surface area (Å²) in [6.07, 6.45) is 1.06. The van der Waals surface area contributed by atoms with Crippen molar-refractivity contribution in [2.75, 3.05) is 0 Å². The first-order valence-corrected chi connectivity index (χ1v) is 8.72. The summed E-state index contributed by atoms with van der Waals surface area (Å²) in [5.41, 5.74) is 1.85. The Morgan fingerprint density at radius 1 is 1.18 bits per heavy atom. The molecule has 1 unspecified atom stereocenters. The molecule has 17 heavy (non-hydrogen) atoms. The van der Waals surface area contributed by atoms with E-state index < -0.39 is 8.32 Å². The molecule has 0 aliphatic rings. The standard InChI is InChI=1S/C14H28O2Si/c1-9-13(8)17(11(4)5,12(6)7)16-14(15)10(2)3/h11-13H,2,9H2,1,3-8H3. The molecule has 0 amide bonds. The van der Waals surface area contributed by atoms with Crippen LogP contribution in [0.1, 0.15) is 54.9 Å². The van der Waals surface area contributed by atoms with Crippen molar-refractivity contribution in [1.82, 2.24) is 0 Å². The average molecular weight is 256 g/mol. The van der Waals surface area contributed by atoms with E-state index in [1.165, 1.54) is 0 Å². The van der Waals surface area contributed by atoms with Gasteiger partial charge in [0.2, 0.25) is 0 Å². The zero-order chi connectivity index (χ0) is 13.8. The van der Waals surface area contributed by atoms with Crippen LogP contribution in [-0.2, 0) is 9.22 Å². The Kier molecular flexibility index (Phi) is 6.17. The second-order valence-corrected chi connectivity index (χ2v) is 10.8. The molecular formula is C14H28O2Si. The van der Waals surface area contributed by atoms with Gasteiger partial charge in [-0.25, -0.2) is 4.79 Å². The van der Waals surface area contributed by atoms with Crippen molar-refractivity contribution >= 4 is 14.3 Å². The zero-order valence-corrected chi connectivity index (χ0v) is 13.5. The first-order chi connectivity index (χ1) is 7.70. The van der Waals surface area contributed by atoms with Crippen molar-refractivity contribution in [3.8, 4) is 0 Å². The topological polar surface area (TPSA) is 26.3 Å². The minimum Gasteiger partial charge on any atom is -0.515 e. The minimum atomic E-state index is -2.09. The number of hydrogen-bond donors (Lipinski definition) is 0. The maximum atomic E-state index is 11.9. The van der Waals surface area contributed by atoms with Crippen LogP contribution in [0.2, 0.25) is 16.6 Å². The monoisotopic (exact) mass is 256 g/mol. The summed E-state index contributed by atoms with van der Waals surface area (Å²) in [6, 6.07) is 0. The van der Waals surface area contributed by atoms with Gasteiger partial charge in [-0.1, -0.05) is 54.5 Å². The Bertz CT molecular complexity index is 274. The quantitative estimate of drug-likeness (QED) is 0.510. The molecule has 2 nitrogen and oxygen atoms in total. The van der Waals surface area contributed by atoms with Gasteiger partial charge in [0.25, 0.3) is 8.32 Å². The molecule has 0 radical (unpaired) electrons. The highest BCUT2D eigenvalue weighted by atomic mass is 28.4. The van der Waals surface area contributed by atoms with Crippen LogP contribution in [0.4, 0.5) is 0 Å². The predicted molar refractivity (Wildman–Crippen MR) is 76.6 cm³/mol. The third-order valence-electron chi connectivity index (χ3n) is 3.81. The van der Waals surface area contributed by atoms with Crippen molar-refractivity contribution < 1.29 is 9.22 Å². The highest BCUT2D eigenvalue weighted by molar-refractivity contribution is 6.79. The molecule has 0 bridgehead atoms. The van der Waals surface area contributed by atoms with Crippen LogP contribution in [0.15, 0.2) is 12.2 Å². The van der Waals surface area contributed by atoms with Gasteiger partial charge in [-0.2, -0.15) is 0 Å². The summed E-state index contributed by atoms with van der Waals surface area (Å²) in [6.45, 7) is 18.5. The summed E-state index contributed by atoms with van der Waals surface area (Å²) < 4.78 is 5.98. The molecule has 100 valence electrons. The van der Waals surface area contributed by atoms with Gasteiger partial charge in [0.05, 0.1) is 0 Å². The molecule has 0 aromatic rings.